The maximum Gasteiger partial charge on any atom is 0.257 e. The van der Waals surface area contributed by atoms with Crippen molar-refractivity contribution in [2.75, 3.05) is 14.2 Å². The second-order valence-corrected chi connectivity index (χ2v) is 4.44. The van der Waals surface area contributed by atoms with Gasteiger partial charge in [-0.25, -0.2) is 8.78 Å². The molecule has 1 aliphatic rings. The predicted molar refractivity (Wildman–Crippen MR) is 64.6 cm³/mol. The third-order valence-electron chi connectivity index (χ3n) is 3.15. The number of rotatable bonds is 4. The van der Waals surface area contributed by atoms with E-state index in [9.17, 15) is 8.78 Å². The Kier molecular flexibility index (Phi) is 3.71. The number of ether oxygens (including phenoxy) is 2. The summed E-state index contributed by atoms with van der Waals surface area (Å²) in [7, 11) is 3.00. The molecule has 0 bridgehead atoms. The molecule has 1 heterocycles. The van der Waals surface area contributed by atoms with Gasteiger partial charge in [0.15, 0.2) is 0 Å². The van der Waals surface area contributed by atoms with Crippen molar-refractivity contribution in [3.8, 4) is 11.5 Å². The lowest BCUT2D eigenvalue weighted by atomic mass is 10.0. The van der Waals surface area contributed by atoms with Crippen LogP contribution in [-0.2, 0) is 6.42 Å². The van der Waals surface area contributed by atoms with Crippen LogP contribution in [0.3, 0.4) is 0 Å². The van der Waals surface area contributed by atoms with Crippen LogP contribution in [0.25, 0.3) is 0 Å². The summed E-state index contributed by atoms with van der Waals surface area (Å²) in [5, 5.41) is 2.61. The van der Waals surface area contributed by atoms with E-state index in [1.807, 2.05) is 6.92 Å². The van der Waals surface area contributed by atoms with Crippen molar-refractivity contribution in [1.29, 1.82) is 0 Å². The molecule has 100 valence electrons. The normalized spacial score (nSPS) is 19.6. The van der Waals surface area contributed by atoms with Crippen LogP contribution in [-0.4, -0.2) is 26.7 Å². The van der Waals surface area contributed by atoms with Gasteiger partial charge in [0.2, 0.25) is 0 Å². The number of alkyl halides is 2. The molecule has 1 aromatic rings. The van der Waals surface area contributed by atoms with Crippen LogP contribution in [0.4, 0.5) is 8.78 Å². The molecule has 18 heavy (non-hydrogen) atoms. The summed E-state index contributed by atoms with van der Waals surface area (Å²) in [5.41, 5.74) is 1.44. The molecule has 0 radical (unpaired) electrons. The molecule has 2 rings (SSSR count). The Labute approximate surface area is 105 Å². The Morgan fingerprint density at radius 3 is 2.72 bits per heavy atom. The minimum atomic E-state index is -2.50. The molecule has 0 spiro atoms. The summed E-state index contributed by atoms with van der Waals surface area (Å²) in [6.45, 7) is 1.95. The zero-order valence-electron chi connectivity index (χ0n) is 10.7. The fourth-order valence-electron chi connectivity index (χ4n) is 2.29. The smallest absolute Gasteiger partial charge is 0.257 e. The Morgan fingerprint density at radius 2 is 2.17 bits per heavy atom. The third kappa shape index (κ3) is 2.27. The Bertz CT molecular complexity index is 437. The molecule has 0 aliphatic carbocycles. The fraction of sp³-hybridized carbons (Fsp3) is 0.538. The molecule has 0 saturated heterocycles. The van der Waals surface area contributed by atoms with Gasteiger partial charge >= 0.3 is 0 Å². The maximum absolute atomic E-state index is 13.0. The average Bonchev–Trinajstić information content (AvgIpc) is 2.67. The van der Waals surface area contributed by atoms with Crippen LogP contribution < -0.4 is 14.8 Å². The highest BCUT2D eigenvalue weighted by Crippen LogP contribution is 2.38. The van der Waals surface area contributed by atoms with Gasteiger partial charge < -0.3 is 14.8 Å². The number of halogens is 2. The van der Waals surface area contributed by atoms with Crippen LogP contribution in [0, 0.1) is 0 Å². The van der Waals surface area contributed by atoms with Gasteiger partial charge in [-0.3, -0.25) is 0 Å². The van der Waals surface area contributed by atoms with Crippen molar-refractivity contribution in [2.24, 2.45) is 0 Å². The van der Waals surface area contributed by atoms with E-state index in [0.29, 0.717) is 17.1 Å². The van der Waals surface area contributed by atoms with Gasteiger partial charge in [0.1, 0.15) is 17.6 Å². The number of methoxy groups -OCH3 is 1. The van der Waals surface area contributed by atoms with E-state index in [2.05, 4.69) is 5.32 Å². The minimum absolute atomic E-state index is 0.0829. The first kappa shape index (κ1) is 13.1. The zero-order valence-corrected chi connectivity index (χ0v) is 10.7. The monoisotopic (exact) mass is 257 g/mol. The number of nitrogens with one attached hydrogen (secondary N) is 1. The molecule has 5 heteroatoms. The number of hydrogen-bond acceptors (Lipinski definition) is 3. The van der Waals surface area contributed by atoms with E-state index >= 15 is 0 Å². The summed E-state index contributed by atoms with van der Waals surface area (Å²) in [6, 6.07) is 2.40. The van der Waals surface area contributed by atoms with E-state index < -0.39 is 12.5 Å². The number of fused-ring (bicyclic) bond motifs is 1. The molecule has 1 N–H and O–H groups in total. The second kappa shape index (κ2) is 5.10. The van der Waals surface area contributed by atoms with Crippen LogP contribution in [0.2, 0.25) is 0 Å². The first-order valence-corrected chi connectivity index (χ1v) is 5.89. The molecule has 0 fully saturated rings. The van der Waals surface area contributed by atoms with E-state index in [1.165, 1.54) is 14.2 Å². The van der Waals surface area contributed by atoms with Crippen molar-refractivity contribution in [3.63, 3.8) is 0 Å². The average molecular weight is 257 g/mol. The summed E-state index contributed by atoms with van der Waals surface area (Å²) in [4.78, 5) is 0. The molecule has 2 atom stereocenters. The van der Waals surface area contributed by atoms with Crippen LogP contribution in [0.1, 0.15) is 24.1 Å². The molecule has 0 aromatic heterocycles. The third-order valence-corrected chi connectivity index (χ3v) is 3.15. The molecular weight excluding hydrogens is 240 g/mol. The Balaban J connectivity index is 2.44. The summed E-state index contributed by atoms with van der Waals surface area (Å²) in [6.07, 6.45) is -1.63. The molecule has 0 saturated carbocycles. The molecule has 2 unspecified atom stereocenters. The zero-order chi connectivity index (χ0) is 13.3. The first-order chi connectivity index (χ1) is 8.56. The van der Waals surface area contributed by atoms with E-state index in [4.69, 9.17) is 9.47 Å². The molecule has 3 nitrogen and oxygen atoms in total. The minimum Gasteiger partial charge on any atom is -0.496 e. The van der Waals surface area contributed by atoms with Gasteiger partial charge in [0.25, 0.3) is 6.43 Å². The molecule has 1 aliphatic heterocycles. The topological polar surface area (TPSA) is 30.5 Å². The van der Waals surface area contributed by atoms with Crippen molar-refractivity contribution in [2.45, 2.75) is 31.9 Å². The highest BCUT2D eigenvalue weighted by Gasteiger charge is 2.28. The lowest BCUT2D eigenvalue weighted by molar-refractivity contribution is 0.101. The quantitative estimate of drug-likeness (QED) is 0.899. The van der Waals surface area contributed by atoms with Crippen molar-refractivity contribution < 1.29 is 18.3 Å². The summed E-state index contributed by atoms with van der Waals surface area (Å²) < 4.78 is 36.7. The highest BCUT2D eigenvalue weighted by atomic mass is 19.3. The standard InChI is InChI=1S/C13H17F2NO2/c1-7-4-8-5-11(17-3)9(6-10(8)18-7)12(16-2)13(14)15/h5-7,12-13,16H,4H2,1-3H3. The van der Waals surface area contributed by atoms with E-state index in [1.54, 1.807) is 12.1 Å². The Morgan fingerprint density at radius 1 is 1.44 bits per heavy atom. The summed E-state index contributed by atoms with van der Waals surface area (Å²) in [5.74, 6) is 1.16. The highest BCUT2D eigenvalue weighted by molar-refractivity contribution is 5.50. The van der Waals surface area contributed by atoms with Gasteiger partial charge in [-0.2, -0.15) is 0 Å². The molecule has 0 amide bonds. The number of benzene rings is 1. The number of hydrogen-bond donors (Lipinski definition) is 1. The van der Waals surface area contributed by atoms with Gasteiger partial charge in [0.05, 0.1) is 13.2 Å². The van der Waals surface area contributed by atoms with E-state index in [-0.39, 0.29) is 6.10 Å². The van der Waals surface area contributed by atoms with Crippen LogP contribution in [0.5, 0.6) is 11.5 Å². The maximum atomic E-state index is 13.0. The van der Waals surface area contributed by atoms with Gasteiger partial charge in [-0.1, -0.05) is 0 Å². The van der Waals surface area contributed by atoms with Crippen LogP contribution >= 0.6 is 0 Å². The van der Waals surface area contributed by atoms with Crippen molar-refractivity contribution >= 4 is 0 Å². The van der Waals surface area contributed by atoms with Gasteiger partial charge in [-0.15, -0.1) is 0 Å². The van der Waals surface area contributed by atoms with Gasteiger partial charge in [-0.05, 0) is 26.1 Å². The van der Waals surface area contributed by atoms with Crippen LogP contribution in [0.15, 0.2) is 12.1 Å². The van der Waals surface area contributed by atoms with Crippen molar-refractivity contribution in [3.05, 3.63) is 23.3 Å². The first-order valence-electron chi connectivity index (χ1n) is 5.89. The van der Waals surface area contributed by atoms with E-state index in [0.717, 1.165) is 12.0 Å². The molecular formula is C13H17F2NO2. The SMILES string of the molecule is CNC(c1cc2c(cc1OC)CC(C)O2)C(F)F. The predicted octanol–water partition coefficient (Wildman–Crippen LogP) is 2.54. The lowest BCUT2D eigenvalue weighted by Crippen LogP contribution is -2.24. The van der Waals surface area contributed by atoms with Gasteiger partial charge in [0, 0.05) is 17.5 Å². The fourth-order valence-corrected chi connectivity index (χ4v) is 2.29. The largest absolute Gasteiger partial charge is 0.496 e. The lowest BCUT2D eigenvalue weighted by Gasteiger charge is -2.19. The Hall–Kier alpha value is -1.36. The molecule has 1 aromatic carbocycles. The summed E-state index contributed by atoms with van der Waals surface area (Å²) >= 11 is 0. The van der Waals surface area contributed by atoms with Crippen molar-refractivity contribution in [1.82, 2.24) is 5.32 Å². The second-order valence-electron chi connectivity index (χ2n) is 4.44.